The fourth-order valence-corrected chi connectivity index (χ4v) is 4.49. The van der Waals surface area contributed by atoms with Gasteiger partial charge in [-0.3, -0.25) is 9.59 Å². The molecule has 2 aromatic rings. The van der Waals surface area contributed by atoms with Gasteiger partial charge in [0, 0.05) is 15.7 Å². The summed E-state index contributed by atoms with van der Waals surface area (Å²) < 4.78 is 5.86. The van der Waals surface area contributed by atoms with E-state index in [1.54, 1.807) is 0 Å². The lowest BCUT2D eigenvalue weighted by Gasteiger charge is -2.32. The first-order valence-electron chi connectivity index (χ1n) is 9.22. The standard InChI is InChI=1S/C22H21BrN2O3/c1-12-10-17-19(21(26)18(12)22(27)28-2)20(13-6-5-7-14(23)11-13)25-16-9-4-3-8-15(16)24-17/h3-9,11-12,18,20,24-25H,10H2,1-2H3/t12-,18+,20+/m0/s1. The molecule has 2 N–H and O–H groups in total. The number of nitrogens with one attached hydrogen (secondary N) is 2. The quantitative estimate of drug-likeness (QED) is 0.524. The Morgan fingerprint density at radius 2 is 1.89 bits per heavy atom. The number of allylic oxidation sites excluding steroid dienone is 1. The Morgan fingerprint density at radius 1 is 1.14 bits per heavy atom. The van der Waals surface area contributed by atoms with Crippen molar-refractivity contribution in [3.05, 3.63) is 69.8 Å². The van der Waals surface area contributed by atoms with Crippen molar-refractivity contribution in [2.24, 2.45) is 11.8 Å². The van der Waals surface area contributed by atoms with Gasteiger partial charge in [-0.2, -0.15) is 0 Å². The van der Waals surface area contributed by atoms with E-state index in [1.165, 1.54) is 7.11 Å². The maximum Gasteiger partial charge on any atom is 0.316 e. The minimum atomic E-state index is -0.789. The topological polar surface area (TPSA) is 67.4 Å². The Morgan fingerprint density at radius 3 is 2.61 bits per heavy atom. The third kappa shape index (κ3) is 3.22. The molecule has 2 aliphatic rings. The molecule has 4 rings (SSSR count). The molecule has 0 saturated heterocycles. The van der Waals surface area contributed by atoms with Crippen molar-refractivity contribution in [3.8, 4) is 0 Å². The number of ketones is 1. The summed E-state index contributed by atoms with van der Waals surface area (Å²) in [6.45, 7) is 1.92. The molecule has 28 heavy (non-hydrogen) atoms. The average molecular weight is 441 g/mol. The molecule has 0 bridgehead atoms. The summed E-state index contributed by atoms with van der Waals surface area (Å²) >= 11 is 3.52. The number of halogens is 1. The lowest BCUT2D eigenvalue weighted by atomic mass is 9.75. The van der Waals surface area contributed by atoms with E-state index in [4.69, 9.17) is 4.74 Å². The molecule has 2 aromatic carbocycles. The molecule has 0 aromatic heterocycles. The van der Waals surface area contributed by atoms with Crippen LogP contribution < -0.4 is 10.6 Å². The molecule has 0 spiro atoms. The minimum absolute atomic E-state index is 0.139. The van der Waals surface area contributed by atoms with Crippen LogP contribution in [-0.2, 0) is 14.3 Å². The number of esters is 1. The van der Waals surface area contributed by atoms with Crippen LogP contribution in [0.2, 0.25) is 0 Å². The molecule has 0 radical (unpaired) electrons. The van der Waals surface area contributed by atoms with Crippen molar-refractivity contribution in [2.45, 2.75) is 19.4 Å². The SMILES string of the molecule is COC(=O)[C@H]1C(=O)C2=C(C[C@@H]1C)Nc1ccccc1N[C@@H]2c1cccc(Br)c1. The fourth-order valence-electron chi connectivity index (χ4n) is 4.07. The summed E-state index contributed by atoms with van der Waals surface area (Å²) in [5.41, 5.74) is 4.25. The van der Waals surface area contributed by atoms with Crippen LogP contribution in [0, 0.1) is 11.8 Å². The minimum Gasteiger partial charge on any atom is -0.468 e. The van der Waals surface area contributed by atoms with E-state index in [9.17, 15) is 9.59 Å². The second kappa shape index (κ2) is 7.43. The Labute approximate surface area is 172 Å². The number of hydrogen-bond donors (Lipinski definition) is 2. The van der Waals surface area contributed by atoms with Gasteiger partial charge in [0.05, 0.1) is 24.5 Å². The Hall–Kier alpha value is -2.60. The van der Waals surface area contributed by atoms with Crippen molar-refractivity contribution < 1.29 is 14.3 Å². The zero-order valence-corrected chi connectivity index (χ0v) is 17.2. The normalized spacial score (nSPS) is 23.7. The molecule has 5 nitrogen and oxygen atoms in total. The van der Waals surface area contributed by atoms with Crippen molar-refractivity contribution >= 4 is 39.1 Å². The van der Waals surface area contributed by atoms with E-state index >= 15 is 0 Å². The van der Waals surface area contributed by atoms with Gasteiger partial charge in [0.25, 0.3) is 0 Å². The van der Waals surface area contributed by atoms with Crippen molar-refractivity contribution in [2.75, 3.05) is 17.7 Å². The maximum atomic E-state index is 13.5. The molecule has 1 heterocycles. The highest BCUT2D eigenvalue weighted by Crippen LogP contribution is 2.43. The molecular formula is C22H21BrN2O3. The number of Topliss-reactive ketones (excluding diaryl/α,β-unsaturated/α-hetero) is 1. The summed E-state index contributed by atoms with van der Waals surface area (Å²) in [5, 5.41) is 6.96. The van der Waals surface area contributed by atoms with E-state index in [2.05, 4.69) is 26.6 Å². The van der Waals surface area contributed by atoms with E-state index in [-0.39, 0.29) is 17.7 Å². The number of carbonyl (C=O) groups excluding carboxylic acids is 2. The van der Waals surface area contributed by atoms with Crippen LogP contribution in [-0.4, -0.2) is 18.9 Å². The monoisotopic (exact) mass is 440 g/mol. The number of para-hydroxylation sites is 2. The Bertz CT molecular complexity index is 985. The lowest BCUT2D eigenvalue weighted by molar-refractivity contribution is -0.151. The largest absolute Gasteiger partial charge is 0.468 e. The van der Waals surface area contributed by atoms with E-state index in [0.29, 0.717) is 12.0 Å². The van der Waals surface area contributed by atoms with Crippen LogP contribution in [0.1, 0.15) is 24.9 Å². The van der Waals surface area contributed by atoms with Gasteiger partial charge >= 0.3 is 5.97 Å². The first-order chi connectivity index (χ1) is 13.5. The van der Waals surface area contributed by atoms with Crippen molar-refractivity contribution in [1.82, 2.24) is 0 Å². The molecule has 0 amide bonds. The molecule has 0 saturated carbocycles. The summed E-state index contributed by atoms with van der Waals surface area (Å²) in [6, 6.07) is 15.4. The van der Waals surface area contributed by atoms with Crippen LogP contribution in [0.4, 0.5) is 11.4 Å². The summed E-state index contributed by atoms with van der Waals surface area (Å²) in [6.07, 6.45) is 0.599. The van der Waals surface area contributed by atoms with Gasteiger partial charge < -0.3 is 15.4 Å². The van der Waals surface area contributed by atoms with Crippen LogP contribution in [0.5, 0.6) is 0 Å². The van der Waals surface area contributed by atoms with Gasteiger partial charge in [-0.15, -0.1) is 0 Å². The molecule has 0 unspecified atom stereocenters. The number of rotatable bonds is 2. The second-order valence-corrected chi connectivity index (χ2v) is 8.16. The molecule has 3 atom stereocenters. The summed E-state index contributed by atoms with van der Waals surface area (Å²) in [4.78, 5) is 25.8. The predicted octanol–water partition coefficient (Wildman–Crippen LogP) is 4.68. The number of hydrogen-bond acceptors (Lipinski definition) is 5. The zero-order valence-electron chi connectivity index (χ0n) is 15.7. The number of ether oxygens (including phenoxy) is 1. The van der Waals surface area contributed by atoms with E-state index in [1.807, 2.05) is 55.5 Å². The van der Waals surface area contributed by atoms with Gasteiger partial charge in [-0.05, 0) is 42.2 Å². The van der Waals surface area contributed by atoms with E-state index < -0.39 is 11.9 Å². The fraction of sp³-hybridized carbons (Fsp3) is 0.273. The first kappa shape index (κ1) is 18.7. The van der Waals surface area contributed by atoms with Crippen LogP contribution >= 0.6 is 15.9 Å². The number of fused-ring (bicyclic) bond motifs is 1. The van der Waals surface area contributed by atoms with Crippen molar-refractivity contribution in [1.29, 1.82) is 0 Å². The lowest BCUT2D eigenvalue weighted by Crippen LogP contribution is -2.39. The third-order valence-corrected chi connectivity index (χ3v) is 5.90. The first-order valence-corrected chi connectivity index (χ1v) is 10.0. The smallest absolute Gasteiger partial charge is 0.316 e. The summed E-state index contributed by atoms with van der Waals surface area (Å²) in [7, 11) is 1.33. The Balaban J connectivity index is 1.88. The molecule has 1 aliphatic heterocycles. The number of carbonyl (C=O) groups is 2. The van der Waals surface area contributed by atoms with Crippen molar-refractivity contribution in [3.63, 3.8) is 0 Å². The molecule has 1 aliphatic carbocycles. The van der Waals surface area contributed by atoms with Crippen LogP contribution in [0.25, 0.3) is 0 Å². The molecule has 6 heteroatoms. The molecular weight excluding hydrogens is 420 g/mol. The number of methoxy groups -OCH3 is 1. The average Bonchev–Trinajstić information content (AvgIpc) is 2.84. The van der Waals surface area contributed by atoms with Gasteiger partial charge in [0.2, 0.25) is 0 Å². The highest BCUT2D eigenvalue weighted by molar-refractivity contribution is 9.10. The number of anilines is 2. The highest BCUT2D eigenvalue weighted by Gasteiger charge is 2.44. The summed E-state index contributed by atoms with van der Waals surface area (Å²) in [5.74, 6) is -1.58. The Kier molecular flexibility index (Phi) is 4.98. The van der Waals surface area contributed by atoms with Gasteiger partial charge in [0.1, 0.15) is 5.92 Å². The maximum absolute atomic E-state index is 13.5. The van der Waals surface area contributed by atoms with Crippen LogP contribution in [0.3, 0.4) is 0 Å². The number of benzene rings is 2. The molecule has 144 valence electrons. The third-order valence-electron chi connectivity index (χ3n) is 5.41. The van der Waals surface area contributed by atoms with E-state index in [0.717, 1.165) is 27.1 Å². The van der Waals surface area contributed by atoms with Gasteiger partial charge in [-0.25, -0.2) is 0 Å². The predicted molar refractivity (Wildman–Crippen MR) is 112 cm³/mol. The van der Waals surface area contributed by atoms with Crippen LogP contribution in [0.15, 0.2) is 64.3 Å². The van der Waals surface area contributed by atoms with Gasteiger partial charge in [0.15, 0.2) is 5.78 Å². The zero-order chi connectivity index (χ0) is 19.8. The second-order valence-electron chi connectivity index (χ2n) is 7.24. The van der Waals surface area contributed by atoms with Gasteiger partial charge in [-0.1, -0.05) is 47.1 Å². The highest BCUT2D eigenvalue weighted by atomic mass is 79.9. The molecule has 0 fully saturated rings.